The van der Waals surface area contributed by atoms with Crippen LogP contribution < -0.4 is 16.4 Å². The number of amides is 1. The van der Waals surface area contributed by atoms with Crippen molar-refractivity contribution in [1.82, 2.24) is 15.5 Å². The molecule has 1 aliphatic rings. The molecule has 0 aromatic heterocycles. The first-order valence-electron chi connectivity index (χ1n) is 10.4. The second kappa shape index (κ2) is 14.8. The molecular weight excluding hydrogens is 501 g/mol. The van der Waals surface area contributed by atoms with Gasteiger partial charge in [0, 0.05) is 30.6 Å². The Labute approximate surface area is 197 Å². The van der Waals surface area contributed by atoms with Crippen LogP contribution in [0.4, 0.5) is 0 Å². The maximum atomic E-state index is 11.2. The number of nitrogens with two attached hydrogens (primary N) is 1. The number of nitrogens with zero attached hydrogens (tertiary/aromatic N) is 2. The first kappa shape index (κ1) is 26.0. The lowest BCUT2D eigenvalue weighted by Crippen LogP contribution is -2.39. The molecular formula is C21H35ClIN5O. The van der Waals surface area contributed by atoms with E-state index in [9.17, 15) is 4.79 Å². The predicted octanol–water partition coefficient (Wildman–Crippen LogP) is 3.03. The highest BCUT2D eigenvalue weighted by atomic mass is 127. The Morgan fingerprint density at radius 2 is 2.03 bits per heavy atom. The number of guanidine groups is 1. The monoisotopic (exact) mass is 535 g/mol. The molecule has 0 saturated carbocycles. The zero-order chi connectivity index (χ0) is 20.2. The van der Waals surface area contributed by atoms with Gasteiger partial charge >= 0.3 is 0 Å². The number of halogens is 2. The fourth-order valence-electron chi connectivity index (χ4n) is 3.44. The summed E-state index contributed by atoms with van der Waals surface area (Å²) in [7, 11) is 0. The van der Waals surface area contributed by atoms with Gasteiger partial charge in [0.05, 0.1) is 0 Å². The summed E-state index contributed by atoms with van der Waals surface area (Å²) in [5, 5.41) is 7.46. The van der Waals surface area contributed by atoms with E-state index in [0.717, 1.165) is 82.4 Å². The van der Waals surface area contributed by atoms with Crippen molar-refractivity contribution in [3.8, 4) is 0 Å². The number of hydrogen-bond donors (Lipinski definition) is 3. The van der Waals surface area contributed by atoms with Crippen LogP contribution in [0.5, 0.6) is 0 Å². The molecule has 1 fully saturated rings. The largest absolute Gasteiger partial charge is 0.369 e. The minimum atomic E-state index is -0.146. The van der Waals surface area contributed by atoms with Crippen molar-refractivity contribution in [1.29, 1.82) is 0 Å². The molecule has 0 spiro atoms. The Hall–Kier alpha value is -1.06. The second-order valence-electron chi connectivity index (χ2n) is 7.29. The van der Waals surface area contributed by atoms with E-state index < -0.39 is 0 Å². The first-order chi connectivity index (χ1) is 13.6. The van der Waals surface area contributed by atoms with Crippen LogP contribution in [0.1, 0.15) is 38.2 Å². The third kappa shape index (κ3) is 10.5. The molecule has 6 nitrogen and oxygen atoms in total. The fraction of sp³-hybridized carbons (Fsp3) is 0.619. The van der Waals surface area contributed by atoms with Gasteiger partial charge in [-0.15, -0.1) is 24.0 Å². The molecule has 1 aromatic rings. The summed E-state index contributed by atoms with van der Waals surface area (Å²) in [6.45, 7) is 7.57. The highest BCUT2D eigenvalue weighted by Crippen LogP contribution is 2.16. The van der Waals surface area contributed by atoms with E-state index in [-0.39, 0.29) is 35.8 Å². The van der Waals surface area contributed by atoms with Crippen LogP contribution in [0.3, 0.4) is 0 Å². The highest BCUT2D eigenvalue weighted by molar-refractivity contribution is 14.0. The molecule has 1 amide bonds. The molecule has 1 aliphatic heterocycles. The molecule has 1 aromatic carbocycles. The number of unbranched alkanes of at least 4 members (excludes halogenated alkanes) is 1. The lowest BCUT2D eigenvalue weighted by molar-refractivity contribution is -0.123. The zero-order valence-corrected chi connectivity index (χ0v) is 20.4. The third-order valence-corrected chi connectivity index (χ3v) is 5.32. The number of aliphatic imine (C=N–C) groups is 1. The van der Waals surface area contributed by atoms with Crippen LogP contribution in [-0.2, 0) is 11.2 Å². The van der Waals surface area contributed by atoms with Crippen LogP contribution in [0.2, 0.25) is 5.02 Å². The lowest BCUT2D eigenvalue weighted by atomic mass is 9.96. The van der Waals surface area contributed by atoms with E-state index in [0.29, 0.717) is 0 Å². The molecule has 2 rings (SSSR count). The maximum absolute atomic E-state index is 11.2. The number of piperidine rings is 1. The van der Waals surface area contributed by atoms with Gasteiger partial charge in [-0.05, 0) is 76.4 Å². The van der Waals surface area contributed by atoms with Gasteiger partial charge in [0.15, 0.2) is 5.96 Å². The molecule has 1 saturated heterocycles. The molecule has 0 bridgehead atoms. The minimum Gasteiger partial charge on any atom is -0.369 e. The Morgan fingerprint density at radius 3 is 2.69 bits per heavy atom. The maximum Gasteiger partial charge on any atom is 0.220 e. The number of rotatable bonds is 10. The van der Waals surface area contributed by atoms with E-state index in [1.807, 2.05) is 18.2 Å². The molecule has 164 valence electrons. The molecule has 1 heterocycles. The van der Waals surface area contributed by atoms with E-state index in [2.05, 4.69) is 33.5 Å². The zero-order valence-electron chi connectivity index (χ0n) is 17.3. The topological polar surface area (TPSA) is 82.8 Å². The average molecular weight is 536 g/mol. The van der Waals surface area contributed by atoms with Gasteiger partial charge in [-0.2, -0.15) is 0 Å². The van der Waals surface area contributed by atoms with Crippen LogP contribution >= 0.6 is 35.6 Å². The number of likely N-dealkylation sites (tertiary alicyclic amines) is 1. The van der Waals surface area contributed by atoms with E-state index >= 15 is 0 Å². The van der Waals surface area contributed by atoms with Gasteiger partial charge in [0.25, 0.3) is 0 Å². The van der Waals surface area contributed by atoms with E-state index in [1.54, 1.807) is 0 Å². The Balaban J connectivity index is 0.00000420. The van der Waals surface area contributed by atoms with Crippen LogP contribution in [0.25, 0.3) is 0 Å². The van der Waals surface area contributed by atoms with Crippen molar-refractivity contribution in [2.75, 3.05) is 39.3 Å². The van der Waals surface area contributed by atoms with Crippen LogP contribution in [0, 0.1) is 5.92 Å². The summed E-state index contributed by atoms with van der Waals surface area (Å²) in [6, 6.07) is 7.96. The summed E-state index contributed by atoms with van der Waals surface area (Å²) in [6.07, 6.45) is 4.88. The Kier molecular flexibility index (Phi) is 13.3. The molecule has 0 unspecified atom stereocenters. The number of primary amides is 1. The quantitative estimate of drug-likeness (QED) is 0.186. The summed E-state index contributed by atoms with van der Waals surface area (Å²) in [5.41, 5.74) is 6.61. The summed E-state index contributed by atoms with van der Waals surface area (Å²) < 4.78 is 0. The van der Waals surface area contributed by atoms with Crippen LogP contribution in [0.15, 0.2) is 29.3 Å². The summed E-state index contributed by atoms with van der Waals surface area (Å²) in [4.78, 5) is 18.3. The molecule has 0 radical (unpaired) electrons. The fourth-order valence-corrected chi connectivity index (χ4v) is 3.65. The molecule has 0 atom stereocenters. The number of hydrogen-bond acceptors (Lipinski definition) is 3. The summed E-state index contributed by atoms with van der Waals surface area (Å²) >= 11 is 6.03. The number of carbonyl (C=O) groups excluding carboxylic acids is 1. The normalized spacial score (nSPS) is 15.6. The molecule has 29 heavy (non-hydrogen) atoms. The van der Waals surface area contributed by atoms with Gasteiger partial charge in [-0.3, -0.25) is 9.79 Å². The highest BCUT2D eigenvalue weighted by Gasteiger charge is 2.22. The van der Waals surface area contributed by atoms with Gasteiger partial charge in [-0.25, -0.2) is 0 Å². The third-order valence-electron chi connectivity index (χ3n) is 5.08. The standard InChI is InChI=1S/C21H34ClN5O.HI/c1-2-24-21(26-12-8-17-6-5-7-19(22)16-17)25-11-3-4-13-27-14-9-18(10-15-27)20(23)28;/h5-7,16,18H,2-4,8-15H2,1H3,(H2,23,28)(H2,24,25,26);1H. The van der Waals surface area contributed by atoms with Gasteiger partial charge in [-0.1, -0.05) is 23.7 Å². The van der Waals surface area contributed by atoms with Crippen molar-refractivity contribution >= 4 is 47.4 Å². The van der Waals surface area contributed by atoms with Crippen molar-refractivity contribution in [2.24, 2.45) is 16.6 Å². The van der Waals surface area contributed by atoms with Gasteiger partial charge < -0.3 is 21.3 Å². The molecule has 4 N–H and O–H groups in total. The minimum absolute atomic E-state index is 0. The van der Waals surface area contributed by atoms with Gasteiger partial charge in [0.2, 0.25) is 5.91 Å². The van der Waals surface area contributed by atoms with Crippen molar-refractivity contribution in [2.45, 2.75) is 39.0 Å². The average Bonchev–Trinajstić information content (AvgIpc) is 2.68. The smallest absolute Gasteiger partial charge is 0.220 e. The predicted molar refractivity (Wildman–Crippen MR) is 132 cm³/mol. The van der Waals surface area contributed by atoms with Crippen molar-refractivity contribution in [3.63, 3.8) is 0 Å². The SMILES string of the molecule is CCNC(=NCCCCN1CCC(C(N)=O)CC1)NCCc1cccc(Cl)c1.I. The first-order valence-corrected chi connectivity index (χ1v) is 10.7. The van der Waals surface area contributed by atoms with Crippen molar-refractivity contribution in [3.05, 3.63) is 34.9 Å². The van der Waals surface area contributed by atoms with Crippen LogP contribution in [-0.4, -0.2) is 56.0 Å². The Morgan fingerprint density at radius 1 is 1.28 bits per heavy atom. The lowest BCUT2D eigenvalue weighted by Gasteiger charge is -2.30. The van der Waals surface area contributed by atoms with Crippen molar-refractivity contribution < 1.29 is 4.79 Å². The Bertz CT molecular complexity index is 635. The summed E-state index contributed by atoms with van der Waals surface area (Å²) in [5.74, 6) is 0.793. The van der Waals surface area contributed by atoms with E-state index in [4.69, 9.17) is 17.3 Å². The molecule has 8 heteroatoms. The van der Waals surface area contributed by atoms with E-state index in [1.165, 1.54) is 5.56 Å². The number of nitrogens with one attached hydrogen (secondary N) is 2. The van der Waals surface area contributed by atoms with Gasteiger partial charge in [0.1, 0.15) is 0 Å². The number of carbonyl (C=O) groups is 1. The number of benzene rings is 1. The molecule has 0 aliphatic carbocycles. The second-order valence-corrected chi connectivity index (χ2v) is 7.73.